The van der Waals surface area contributed by atoms with E-state index in [-0.39, 0.29) is 0 Å². The van der Waals surface area contributed by atoms with E-state index >= 15 is 0 Å². The first-order valence-corrected chi connectivity index (χ1v) is 6.57. The molecule has 0 aromatic heterocycles. The summed E-state index contributed by atoms with van der Waals surface area (Å²) in [7, 11) is 1.70. The number of rotatable bonds is 2. The molecule has 0 aliphatic carbocycles. The molecule has 1 aliphatic rings. The molecule has 0 radical (unpaired) electrons. The van der Waals surface area contributed by atoms with Gasteiger partial charge in [-0.25, -0.2) is 0 Å². The smallest absolute Gasteiger partial charge is 0.141 e. The molecule has 3 heteroatoms. The predicted molar refractivity (Wildman–Crippen MR) is 72.3 cm³/mol. The van der Waals surface area contributed by atoms with Crippen LogP contribution in [0.4, 0.5) is 0 Å². The number of halogens is 1. The van der Waals surface area contributed by atoms with Gasteiger partial charge in [0.2, 0.25) is 0 Å². The third kappa shape index (κ3) is 2.43. The van der Waals surface area contributed by atoms with Crippen LogP contribution in [0.3, 0.4) is 0 Å². The molecule has 0 bridgehead atoms. The highest BCUT2D eigenvalue weighted by atomic mass is 35.5. The Bertz CT molecular complexity index is 411. The lowest BCUT2D eigenvalue weighted by Crippen LogP contribution is -2.28. The van der Waals surface area contributed by atoms with Crippen LogP contribution in [0.15, 0.2) is 6.07 Å². The highest BCUT2D eigenvalue weighted by Gasteiger charge is 2.22. The molecule has 1 aliphatic heterocycles. The molecule has 1 N–H and O–H groups in total. The largest absolute Gasteiger partial charge is 0.495 e. The fourth-order valence-electron chi connectivity index (χ4n) is 2.51. The molecule has 1 aromatic rings. The minimum absolute atomic E-state index is 0.524. The van der Waals surface area contributed by atoms with Gasteiger partial charge in [-0.05, 0) is 44.4 Å². The van der Waals surface area contributed by atoms with Crippen LogP contribution in [-0.2, 0) is 0 Å². The standard InChI is InChI=1S/C14H20ClNO/c1-9-7-12(11-5-4-6-16-8-11)14(17-3)13(15)10(9)2/h7,11,16H,4-6,8H2,1-3H3. The monoisotopic (exact) mass is 253 g/mol. The summed E-state index contributed by atoms with van der Waals surface area (Å²) in [5.41, 5.74) is 3.63. The zero-order valence-corrected chi connectivity index (χ0v) is 11.5. The topological polar surface area (TPSA) is 21.3 Å². The van der Waals surface area contributed by atoms with Crippen LogP contribution >= 0.6 is 11.6 Å². The Morgan fingerprint density at radius 2 is 2.18 bits per heavy atom. The Labute approximate surface area is 108 Å². The second-order valence-corrected chi connectivity index (χ2v) is 5.18. The van der Waals surface area contributed by atoms with Crippen LogP contribution in [0, 0.1) is 13.8 Å². The Morgan fingerprint density at radius 3 is 2.76 bits per heavy atom. The molecule has 1 unspecified atom stereocenters. The van der Waals surface area contributed by atoms with Gasteiger partial charge in [0, 0.05) is 18.0 Å². The van der Waals surface area contributed by atoms with Gasteiger partial charge in [0.05, 0.1) is 12.1 Å². The summed E-state index contributed by atoms with van der Waals surface area (Å²) in [4.78, 5) is 0. The van der Waals surface area contributed by atoms with Gasteiger partial charge in [0.25, 0.3) is 0 Å². The molecule has 0 spiro atoms. The first kappa shape index (κ1) is 12.7. The van der Waals surface area contributed by atoms with Gasteiger partial charge < -0.3 is 10.1 Å². The van der Waals surface area contributed by atoms with E-state index in [9.17, 15) is 0 Å². The summed E-state index contributed by atoms with van der Waals surface area (Å²) in [5.74, 6) is 1.39. The van der Waals surface area contributed by atoms with Gasteiger partial charge in [0.1, 0.15) is 5.75 Å². The van der Waals surface area contributed by atoms with E-state index in [0.717, 1.165) is 29.4 Å². The van der Waals surface area contributed by atoms with E-state index in [4.69, 9.17) is 16.3 Å². The SMILES string of the molecule is COc1c(C2CCCNC2)cc(C)c(C)c1Cl. The first-order chi connectivity index (χ1) is 8.15. The molecule has 1 heterocycles. The quantitative estimate of drug-likeness (QED) is 0.872. The van der Waals surface area contributed by atoms with Crippen LogP contribution in [0.5, 0.6) is 5.75 Å². The van der Waals surface area contributed by atoms with Gasteiger partial charge in [-0.2, -0.15) is 0 Å². The molecule has 17 heavy (non-hydrogen) atoms. The maximum Gasteiger partial charge on any atom is 0.141 e. The number of aryl methyl sites for hydroxylation is 1. The summed E-state index contributed by atoms with van der Waals surface area (Å²) >= 11 is 6.38. The van der Waals surface area contributed by atoms with Gasteiger partial charge in [-0.15, -0.1) is 0 Å². The van der Waals surface area contributed by atoms with Gasteiger partial charge in [0.15, 0.2) is 0 Å². The fraction of sp³-hybridized carbons (Fsp3) is 0.571. The minimum atomic E-state index is 0.524. The Hall–Kier alpha value is -0.730. The van der Waals surface area contributed by atoms with Crippen molar-refractivity contribution in [1.82, 2.24) is 5.32 Å². The molecule has 1 fully saturated rings. The van der Waals surface area contributed by atoms with Crippen molar-refractivity contribution in [3.63, 3.8) is 0 Å². The normalized spacial score (nSPS) is 20.4. The van der Waals surface area contributed by atoms with E-state index < -0.39 is 0 Å². The lowest BCUT2D eigenvalue weighted by atomic mass is 9.89. The average Bonchev–Trinajstić information content (AvgIpc) is 2.36. The molecular weight excluding hydrogens is 234 g/mol. The second-order valence-electron chi connectivity index (χ2n) is 4.80. The van der Waals surface area contributed by atoms with Crippen molar-refractivity contribution in [2.75, 3.05) is 20.2 Å². The van der Waals surface area contributed by atoms with Crippen molar-refractivity contribution >= 4 is 11.6 Å². The highest BCUT2D eigenvalue weighted by molar-refractivity contribution is 6.33. The number of nitrogens with one attached hydrogen (secondary N) is 1. The highest BCUT2D eigenvalue weighted by Crippen LogP contribution is 2.39. The number of benzene rings is 1. The van der Waals surface area contributed by atoms with Crippen molar-refractivity contribution in [3.05, 3.63) is 27.8 Å². The van der Waals surface area contributed by atoms with E-state index in [0.29, 0.717) is 5.92 Å². The lowest BCUT2D eigenvalue weighted by molar-refractivity contribution is 0.392. The molecule has 0 saturated carbocycles. The van der Waals surface area contributed by atoms with Gasteiger partial charge >= 0.3 is 0 Å². The maximum absolute atomic E-state index is 6.38. The van der Waals surface area contributed by atoms with Crippen LogP contribution in [0.2, 0.25) is 5.02 Å². The third-order valence-electron chi connectivity index (χ3n) is 3.70. The van der Waals surface area contributed by atoms with Crippen molar-refractivity contribution in [3.8, 4) is 5.75 Å². The van der Waals surface area contributed by atoms with Crippen LogP contribution < -0.4 is 10.1 Å². The number of methoxy groups -OCH3 is 1. The van der Waals surface area contributed by atoms with Crippen molar-refractivity contribution in [2.45, 2.75) is 32.6 Å². The van der Waals surface area contributed by atoms with Crippen molar-refractivity contribution < 1.29 is 4.74 Å². The predicted octanol–water partition coefficient (Wildman–Crippen LogP) is 3.43. The molecule has 1 aromatic carbocycles. The zero-order chi connectivity index (χ0) is 12.4. The average molecular weight is 254 g/mol. The van der Waals surface area contributed by atoms with Crippen molar-refractivity contribution in [1.29, 1.82) is 0 Å². The van der Waals surface area contributed by atoms with Gasteiger partial charge in [-0.3, -0.25) is 0 Å². The Balaban J connectivity index is 2.44. The summed E-state index contributed by atoms with van der Waals surface area (Å²) in [6, 6.07) is 2.23. The molecule has 1 atom stereocenters. The molecule has 1 saturated heterocycles. The van der Waals surface area contributed by atoms with E-state index in [2.05, 4.69) is 18.3 Å². The molecule has 2 rings (SSSR count). The number of ether oxygens (including phenoxy) is 1. The Kier molecular flexibility index (Phi) is 3.95. The van der Waals surface area contributed by atoms with Gasteiger partial charge in [-0.1, -0.05) is 17.7 Å². The van der Waals surface area contributed by atoms with E-state index in [1.807, 2.05) is 6.92 Å². The van der Waals surface area contributed by atoms with E-state index in [1.54, 1.807) is 7.11 Å². The Morgan fingerprint density at radius 1 is 1.41 bits per heavy atom. The minimum Gasteiger partial charge on any atom is -0.495 e. The first-order valence-electron chi connectivity index (χ1n) is 6.19. The number of piperidine rings is 1. The molecule has 94 valence electrons. The third-order valence-corrected chi connectivity index (χ3v) is 4.15. The van der Waals surface area contributed by atoms with E-state index in [1.165, 1.54) is 24.0 Å². The zero-order valence-electron chi connectivity index (χ0n) is 10.8. The fourth-order valence-corrected chi connectivity index (χ4v) is 2.84. The number of hydrogen-bond donors (Lipinski definition) is 1. The summed E-state index contributed by atoms with van der Waals surface area (Å²) in [6.45, 7) is 6.30. The molecular formula is C14H20ClNO. The van der Waals surface area contributed by atoms with Crippen molar-refractivity contribution in [2.24, 2.45) is 0 Å². The van der Waals surface area contributed by atoms with Crippen LogP contribution in [-0.4, -0.2) is 20.2 Å². The summed E-state index contributed by atoms with van der Waals surface area (Å²) in [6.07, 6.45) is 2.43. The van der Waals surface area contributed by atoms with Crippen LogP contribution in [0.25, 0.3) is 0 Å². The summed E-state index contributed by atoms with van der Waals surface area (Å²) in [5, 5.41) is 4.21. The lowest BCUT2D eigenvalue weighted by Gasteiger charge is -2.26. The van der Waals surface area contributed by atoms with Crippen LogP contribution in [0.1, 0.15) is 35.4 Å². The summed E-state index contributed by atoms with van der Waals surface area (Å²) < 4.78 is 5.51. The number of hydrogen-bond acceptors (Lipinski definition) is 2. The molecule has 2 nitrogen and oxygen atoms in total. The second kappa shape index (κ2) is 5.28. The maximum atomic E-state index is 6.38. The molecule has 0 amide bonds.